The van der Waals surface area contributed by atoms with Crippen molar-refractivity contribution in [3.8, 4) is 0 Å². The topological polar surface area (TPSA) is 87.2 Å². The number of amides is 1. The molecule has 1 aromatic carbocycles. The predicted molar refractivity (Wildman–Crippen MR) is 67.2 cm³/mol. The SMILES string of the molecule is NC(=O)COC(=O)c1ccc(Cn2cccn2)cc1. The molecule has 0 fully saturated rings. The van der Waals surface area contributed by atoms with E-state index in [4.69, 9.17) is 10.5 Å². The van der Waals surface area contributed by atoms with E-state index in [0.717, 1.165) is 5.56 Å². The molecule has 0 aliphatic heterocycles. The van der Waals surface area contributed by atoms with Crippen LogP contribution in [0.25, 0.3) is 0 Å². The second-order valence-electron chi connectivity index (χ2n) is 3.94. The highest BCUT2D eigenvalue weighted by Crippen LogP contribution is 2.07. The maximum absolute atomic E-state index is 11.5. The van der Waals surface area contributed by atoms with E-state index in [1.54, 1.807) is 23.0 Å². The number of aromatic nitrogens is 2. The van der Waals surface area contributed by atoms with Crippen molar-refractivity contribution in [1.82, 2.24) is 9.78 Å². The number of benzene rings is 1. The van der Waals surface area contributed by atoms with Crippen LogP contribution in [0, 0.1) is 0 Å². The van der Waals surface area contributed by atoms with E-state index in [-0.39, 0.29) is 0 Å². The van der Waals surface area contributed by atoms with E-state index < -0.39 is 18.5 Å². The average Bonchev–Trinajstić information content (AvgIpc) is 2.89. The first-order chi connectivity index (χ1) is 9.15. The van der Waals surface area contributed by atoms with Gasteiger partial charge in [-0.05, 0) is 23.8 Å². The fourth-order valence-corrected chi connectivity index (χ4v) is 1.55. The average molecular weight is 259 g/mol. The van der Waals surface area contributed by atoms with Crippen LogP contribution in [0.4, 0.5) is 0 Å². The minimum Gasteiger partial charge on any atom is -0.452 e. The first-order valence-electron chi connectivity index (χ1n) is 5.67. The molecule has 6 nitrogen and oxygen atoms in total. The minimum absolute atomic E-state index is 0.380. The number of carbonyl (C=O) groups is 2. The number of primary amides is 1. The van der Waals surface area contributed by atoms with Crippen molar-refractivity contribution in [3.05, 3.63) is 53.9 Å². The third-order valence-electron chi connectivity index (χ3n) is 2.44. The number of esters is 1. The Kier molecular flexibility index (Phi) is 3.92. The second-order valence-corrected chi connectivity index (χ2v) is 3.94. The summed E-state index contributed by atoms with van der Waals surface area (Å²) in [6.07, 6.45) is 3.56. The van der Waals surface area contributed by atoms with Crippen molar-refractivity contribution < 1.29 is 14.3 Å². The summed E-state index contributed by atoms with van der Waals surface area (Å²) in [4.78, 5) is 22.0. The maximum Gasteiger partial charge on any atom is 0.338 e. The molecule has 0 aliphatic carbocycles. The highest BCUT2D eigenvalue weighted by Gasteiger charge is 2.08. The number of nitrogens with two attached hydrogens (primary N) is 1. The Labute approximate surface area is 109 Å². The summed E-state index contributed by atoms with van der Waals surface area (Å²) in [6.45, 7) is 0.220. The number of carbonyl (C=O) groups excluding carboxylic acids is 2. The molecule has 0 spiro atoms. The lowest BCUT2D eigenvalue weighted by Crippen LogP contribution is -2.20. The lowest BCUT2D eigenvalue weighted by molar-refractivity contribution is -0.121. The molecule has 6 heteroatoms. The first-order valence-corrected chi connectivity index (χ1v) is 5.67. The molecule has 2 N–H and O–H groups in total. The number of nitrogens with zero attached hydrogens (tertiary/aromatic N) is 2. The lowest BCUT2D eigenvalue weighted by Gasteiger charge is -2.04. The number of hydrogen-bond donors (Lipinski definition) is 1. The van der Waals surface area contributed by atoms with Gasteiger partial charge in [-0.25, -0.2) is 4.79 Å². The first kappa shape index (κ1) is 12.8. The van der Waals surface area contributed by atoms with Gasteiger partial charge in [0.05, 0.1) is 12.1 Å². The fourth-order valence-electron chi connectivity index (χ4n) is 1.55. The van der Waals surface area contributed by atoms with Crippen LogP contribution in [0.1, 0.15) is 15.9 Å². The molecule has 0 unspecified atom stereocenters. The molecule has 19 heavy (non-hydrogen) atoms. The standard InChI is InChI=1S/C13H13N3O3/c14-12(17)9-19-13(18)11-4-2-10(3-5-11)8-16-7-1-6-15-16/h1-7H,8-9H2,(H2,14,17). The van der Waals surface area contributed by atoms with Crippen molar-refractivity contribution >= 4 is 11.9 Å². The molecule has 2 rings (SSSR count). The van der Waals surface area contributed by atoms with Gasteiger partial charge in [-0.15, -0.1) is 0 Å². The maximum atomic E-state index is 11.5. The molecule has 1 amide bonds. The Morgan fingerprint density at radius 2 is 2.00 bits per heavy atom. The van der Waals surface area contributed by atoms with Crippen molar-refractivity contribution in [2.75, 3.05) is 6.61 Å². The second kappa shape index (κ2) is 5.81. The smallest absolute Gasteiger partial charge is 0.338 e. The highest BCUT2D eigenvalue weighted by molar-refractivity contribution is 5.91. The Balaban J connectivity index is 1.98. The summed E-state index contributed by atoms with van der Waals surface area (Å²) in [5.74, 6) is -1.24. The summed E-state index contributed by atoms with van der Waals surface area (Å²) in [5.41, 5.74) is 6.28. The quantitative estimate of drug-likeness (QED) is 0.795. The summed E-state index contributed by atoms with van der Waals surface area (Å²) in [7, 11) is 0. The van der Waals surface area contributed by atoms with E-state index >= 15 is 0 Å². The van der Waals surface area contributed by atoms with Crippen molar-refractivity contribution in [1.29, 1.82) is 0 Å². The predicted octanol–water partition coefficient (Wildman–Crippen LogP) is 0.573. The molecule has 0 aliphatic rings. The fraction of sp³-hybridized carbons (Fsp3) is 0.154. The summed E-state index contributed by atoms with van der Waals surface area (Å²) in [5, 5.41) is 4.09. The zero-order valence-corrected chi connectivity index (χ0v) is 10.2. The normalized spacial score (nSPS) is 10.1. The monoisotopic (exact) mass is 259 g/mol. The van der Waals surface area contributed by atoms with E-state index in [0.29, 0.717) is 12.1 Å². The highest BCUT2D eigenvalue weighted by atomic mass is 16.5. The van der Waals surface area contributed by atoms with Gasteiger partial charge in [0.2, 0.25) is 0 Å². The molecule has 0 saturated carbocycles. The number of hydrogen-bond acceptors (Lipinski definition) is 4. The third kappa shape index (κ3) is 3.67. The summed E-state index contributed by atoms with van der Waals surface area (Å²) in [6, 6.07) is 8.74. The molecule has 98 valence electrons. The third-order valence-corrected chi connectivity index (χ3v) is 2.44. The van der Waals surface area contributed by atoms with Gasteiger partial charge < -0.3 is 10.5 Å². The van der Waals surface area contributed by atoms with E-state index in [9.17, 15) is 9.59 Å². The lowest BCUT2D eigenvalue weighted by atomic mass is 10.1. The van der Waals surface area contributed by atoms with E-state index in [2.05, 4.69) is 5.10 Å². The van der Waals surface area contributed by atoms with Crippen molar-refractivity contribution in [2.24, 2.45) is 5.73 Å². The van der Waals surface area contributed by atoms with Gasteiger partial charge >= 0.3 is 5.97 Å². The van der Waals surface area contributed by atoms with Crippen LogP contribution in [0.2, 0.25) is 0 Å². The van der Waals surface area contributed by atoms with Gasteiger partial charge in [0.1, 0.15) is 0 Å². The van der Waals surface area contributed by atoms with Crippen LogP contribution < -0.4 is 5.73 Å². The van der Waals surface area contributed by atoms with Crippen LogP contribution >= 0.6 is 0 Å². The molecular formula is C13H13N3O3. The van der Waals surface area contributed by atoms with Crippen LogP contribution in [0.5, 0.6) is 0 Å². The van der Waals surface area contributed by atoms with Gasteiger partial charge in [-0.3, -0.25) is 9.48 Å². The van der Waals surface area contributed by atoms with Crippen LogP contribution in [-0.4, -0.2) is 28.3 Å². The molecule has 1 aromatic heterocycles. The van der Waals surface area contributed by atoms with Crippen molar-refractivity contribution in [3.63, 3.8) is 0 Å². The van der Waals surface area contributed by atoms with Gasteiger partial charge in [0, 0.05) is 12.4 Å². The van der Waals surface area contributed by atoms with Gasteiger partial charge in [0.15, 0.2) is 6.61 Å². The Hall–Kier alpha value is -2.63. The molecule has 0 saturated heterocycles. The Morgan fingerprint density at radius 3 is 2.58 bits per heavy atom. The van der Waals surface area contributed by atoms with Crippen molar-refractivity contribution in [2.45, 2.75) is 6.54 Å². The van der Waals surface area contributed by atoms with Gasteiger partial charge in [0.25, 0.3) is 5.91 Å². The van der Waals surface area contributed by atoms with Crippen LogP contribution in [0.15, 0.2) is 42.7 Å². The largest absolute Gasteiger partial charge is 0.452 e. The molecule has 0 atom stereocenters. The van der Waals surface area contributed by atoms with Gasteiger partial charge in [-0.1, -0.05) is 12.1 Å². The minimum atomic E-state index is -0.677. The number of ether oxygens (including phenoxy) is 1. The zero-order chi connectivity index (χ0) is 13.7. The molecule has 0 bridgehead atoms. The molecular weight excluding hydrogens is 246 g/mol. The number of rotatable bonds is 5. The van der Waals surface area contributed by atoms with E-state index in [1.807, 2.05) is 24.4 Å². The van der Waals surface area contributed by atoms with Crippen LogP contribution in [0.3, 0.4) is 0 Å². The summed E-state index contributed by atoms with van der Waals surface area (Å²) >= 11 is 0. The Bertz CT molecular complexity index is 561. The zero-order valence-electron chi connectivity index (χ0n) is 10.2. The van der Waals surface area contributed by atoms with E-state index in [1.165, 1.54) is 0 Å². The Morgan fingerprint density at radius 1 is 1.26 bits per heavy atom. The molecule has 0 radical (unpaired) electrons. The van der Waals surface area contributed by atoms with Gasteiger partial charge in [-0.2, -0.15) is 5.10 Å². The van der Waals surface area contributed by atoms with Crippen LogP contribution in [-0.2, 0) is 16.1 Å². The molecule has 1 heterocycles. The summed E-state index contributed by atoms with van der Waals surface area (Å²) < 4.78 is 6.48. The molecule has 2 aromatic rings.